The van der Waals surface area contributed by atoms with Gasteiger partial charge in [-0.1, -0.05) is 26.2 Å². The molecule has 0 saturated heterocycles. The Morgan fingerprint density at radius 1 is 1.28 bits per heavy atom. The summed E-state index contributed by atoms with van der Waals surface area (Å²) >= 11 is 0. The number of unbranched alkanes of at least 4 members (excludes halogenated alkanes) is 3. The Labute approximate surface area is 107 Å². The number of rotatable bonds is 7. The smallest absolute Gasteiger partial charge is 0.238 e. The maximum absolute atomic E-state index is 13.6. The molecule has 0 aliphatic carbocycles. The van der Waals surface area contributed by atoms with Crippen LogP contribution in [0.5, 0.6) is 0 Å². The van der Waals surface area contributed by atoms with Crippen molar-refractivity contribution in [3.05, 3.63) is 24.0 Å². The number of hydrogen-bond donors (Lipinski definition) is 2. The fourth-order valence-corrected chi connectivity index (χ4v) is 2.12. The van der Waals surface area contributed by atoms with Gasteiger partial charge in [0.1, 0.15) is 5.82 Å². The van der Waals surface area contributed by atoms with Crippen molar-refractivity contribution in [1.82, 2.24) is 0 Å². The van der Waals surface area contributed by atoms with E-state index in [1.807, 2.05) is 0 Å². The molecule has 3 N–H and O–H groups in total. The Morgan fingerprint density at radius 3 is 2.56 bits per heavy atom. The Balaban J connectivity index is 2.58. The minimum atomic E-state index is -3.84. The lowest BCUT2D eigenvalue weighted by molar-refractivity contribution is 0.592. The highest BCUT2D eigenvalue weighted by atomic mass is 32.2. The van der Waals surface area contributed by atoms with Crippen LogP contribution in [0.3, 0.4) is 0 Å². The summed E-state index contributed by atoms with van der Waals surface area (Å²) in [7, 11) is -3.84. The number of hydrogen-bond acceptors (Lipinski definition) is 3. The molecule has 1 rings (SSSR count). The highest BCUT2D eigenvalue weighted by Gasteiger charge is 2.11. The molecule has 0 bridgehead atoms. The molecule has 1 aromatic carbocycles. The van der Waals surface area contributed by atoms with Gasteiger partial charge in [0, 0.05) is 6.54 Å². The zero-order valence-corrected chi connectivity index (χ0v) is 11.3. The van der Waals surface area contributed by atoms with Crippen molar-refractivity contribution in [3.8, 4) is 0 Å². The molecule has 102 valence electrons. The average molecular weight is 274 g/mol. The Bertz CT molecular complexity index is 489. The molecule has 0 aliphatic rings. The minimum Gasteiger partial charge on any atom is -0.383 e. The first kappa shape index (κ1) is 14.9. The zero-order valence-electron chi connectivity index (χ0n) is 10.4. The van der Waals surface area contributed by atoms with Crippen LogP contribution in [-0.4, -0.2) is 15.0 Å². The predicted molar refractivity (Wildman–Crippen MR) is 70.4 cm³/mol. The van der Waals surface area contributed by atoms with Crippen LogP contribution >= 0.6 is 0 Å². The van der Waals surface area contributed by atoms with E-state index in [4.69, 9.17) is 5.14 Å². The highest BCUT2D eigenvalue weighted by Crippen LogP contribution is 2.18. The number of sulfonamides is 1. The largest absolute Gasteiger partial charge is 0.383 e. The standard InChI is InChI=1S/C12H19FN2O2S/c1-2-3-4-5-8-15-12-7-6-10(9-11(12)13)18(14,16)17/h6-7,9,15H,2-5,8H2,1H3,(H2,14,16,17). The Hall–Kier alpha value is -1.14. The monoisotopic (exact) mass is 274 g/mol. The van der Waals surface area contributed by atoms with Crippen molar-refractivity contribution in [2.45, 2.75) is 37.5 Å². The molecule has 0 unspecified atom stereocenters. The van der Waals surface area contributed by atoms with E-state index in [9.17, 15) is 12.8 Å². The van der Waals surface area contributed by atoms with E-state index in [-0.39, 0.29) is 4.90 Å². The van der Waals surface area contributed by atoms with E-state index in [0.717, 1.165) is 31.7 Å². The van der Waals surface area contributed by atoms with Gasteiger partial charge in [0.2, 0.25) is 10.0 Å². The van der Waals surface area contributed by atoms with Crippen molar-refractivity contribution >= 4 is 15.7 Å². The number of nitrogens with two attached hydrogens (primary N) is 1. The molecule has 0 amide bonds. The van der Waals surface area contributed by atoms with Crippen molar-refractivity contribution < 1.29 is 12.8 Å². The lowest BCUT2D eigenvalue weighted by atomic mass is 10.2. The second-order valence-corrected chi connectivity index (χ2v) is 5.74. The second-order valence-electron chi connectivity index (χ2n) is 4.17. The summed E-state index contributed by atoms with van der Waals surface area (Å²) in [6, 6.07) is 3.63. The van der Waals surface area contributed by atoms with Gasteiger partial charge in [0.05, 0.1) is 10.6 Å². The SMILES string of the molecule is CCCCCCNc1ccc(S(N)(=O)=O)cc1F. The van der Waals surface area contributed by atoms with Gasteiger partial charge >= 0.3 is 0 Å². The third kappa shape index (κ3) is 4.62. The van der Waals surface area contributed by atoms with Crippen LogP contribution in [0.4, 0.5) is 10.1 Å². The topological polar surface area (TPSA) is 72.2 Å². The molecule has 1 aromatic rings. The van der Waals surface area contributed by atoms with E-state index in [1.54, 1.807) is 0 Å². The first-order valence-corrected chi connectivity index (χ1v) is 7.56. The number of halogens is 1. The van der Waals surface area contributed by atoms with Gasteiger partial charge in [-0.05, 0) is 24.6 Å². The number of benzene rings is 1. The van der Waals surface area contributed by atoms with Gasteiger partial charge in [0.15, 0.2) is 0 Å². The van der Waals surface area contributed by atoms with Crippen molar-refractivity contribution in [2.24, 2.45) is 5.14 Å². The molecular formula is C12H19FN2O2S. The maximum Gasteiger partial charge on any atom is 0.238 e. The summed E-state index contributed by atoms with van der Waals surface area (Å²) in [6.45, 7) is 2.80. The zero-order chi connectivity index (χ0) is 13.6. The number of primary sulfonamides is 1. The molecule has 0 heterocycles. The Kier molecular flexibility index (Phi) is 5.55. The molecule has 0 aliphatic heterocycles. The van der Waals surface area contributed by atoms with Crippen molar-refractivity contribution in [2.75, 3.05) is 11.9 Å². The van der Waals surface area contributed by atoms with E-state index >= 15 is 0 Å². The summed E-state index contributed by atoms with van der Waals surface area (Å²) in [5, 5.41) is 7.86. The fourth-order valence-electron chi connectivity index (χ4n) is 1.59. The maximum atomic E-state index is 13.6. The quantitative estimate of drug-likeness (QED) is 0.750. The van der Waals surface area contributed by atoms with Gasteiger partial charge in [0.25, 0.3) is 0 Å². The summed E-state index contributed by atoms with van der Waals surface area (Å²) in [5.41, 5.74) is 0.305. The third-order valence-corrected chi connectivity index (χ3v) is 3.53. The van der Waals surface area contributed by atoms with E-state index in [2.05, 4.69) is 12.2 Å². The van der Waals surface area contributed by atoms with Gasteiger partial charge in [-0.15, -0.1) is 0 Å². The third-order valence-electron chi connectivity index (χ3n) is 2.61. The van der Waals surface area contributed by atoms with E-state index in [1.165, 1.54) is 12.1 Å². The highest BCUT2D eigenvalue weighted by molar-refractivity contribution is 7.89. The molecule has 18 heavy (non-hydrogen) atoms. The van der Waals surface area contributed by atoms with Crippen molar-refractivity contribution in [1.29, 1.82) is 0 Å². The second kappa shape index (κ2) is 6.70. The van der Waals surface area contributed by atoms with Crippen LogP contribution in [0.1, 0.15) is 32.6 Å². The molecule has 4 nitrogen and oxygen atoms in total. The first-order chi connectivity index (χ1) is 8.45. The van der Waals surface area contributed by atoms with Crippen LogP contribution in [0.2, 0.25) is 0 Å². The minimum absolute atomic E-state index is 0.212. The fraction of sp³-hybridized carbons (Fsp3) is 0.500. The van der Waals surface area contributed by atoms with Crippen LogP contribution in [0, 0.1) is 5.82 Å². The molecule has 0 radical (unpaired) electrons. The van der Waals surface area contributed by atoms with Gasteiger partial charge in [-0.2, -0.15) is 0 Å². The summed E-state index contributed by atoms with van der Waals surface area (Å²) in [5.74, 6) is -0.600. The molecule has 0 saturated carbocycles. The van der Waals surface area contributed by atoms with E-state index in [0.29, 0.717) is 12.2 Å². The van der Waals surface area contributed by atoms with E-state index < -0.39 is 15.8 Å². The summed E-state index contributed by atoms with van der Waals surface area (Å²) in [4.78, 5) is -0.212. The molecule has 0 fully saturated rings. The predicted octanol–water partition coefficient (Wildman–Crippen LogP) is 2.47. The Morgan fingerprint density at radius 2 is 2.00 bits per heavy atom. The molecule has 0 aromatic heterocycles. The van der Waals surface area contributed by atoms with Crippen LogP contribution in [0.25, 0.3) is 0 Å². The summed E-state index contributed by atoms with van der Waals surface area (Å²) < 4.78 is 35.6. The van der Waals surface area contributed by atoms with Crippen molar-refractivity contribution in [3.63, 3.8) is 0 Å². The molecular weight excluding hydrogens is 255 g/mol. The number of nitrogens with one attached hydrogen (secondary N) is 1. The van der Waals surface area contributed by atoms with Crippen LogP contribution in [-0.2, 0) is 10.0 Å². The van der Waals surface area contributed by atoms with Crippen LogP contribution < -0.4 is 10.5 Å². The van der Waals surface area contributed by atoms with Gasteiger partial charge in [-0.3, -0.25) is 0 Å². The van der Waals surface area contributed by atoms with Gasteiger partial charge in [-0.25, -0.2) is 17.9 Å². The normalized spacial score (nSPS) is 11.5. The lowest BCUT2D eigenvalue weighted by Crippen LogP contribution is -2.13. The molecule has 6 heteroatoms. The van der Waals surface area contributed by atoms with Crippen LogP contribution in [0.15, 0.2) is 23.1 Å². The number of anilines is 1. The van der Waals surface area contributed by atoms with Gasteiger partial charge < -0.3 is 5.32 Å². The average Bonchev–Trinajstić information content (AvgIpc) is 2.29. The molecule has 0 atom stereocenters. The lowest BCUT2D eigenvalue weighted by Gasteiger charge is -2.08. The molecule has 0 spiro atoms. The summed E-state index contributed by atoms with van der Waals surface area (Å²) in [6.07, 6.45) is 4.37. The first-order valence-electron chi connectivity index (χ1n) is 6.01.